The fourth-order valence-electron chi connectivity index (χ4n) is 2.66. The van der Waals surface area contributed by atoms with Gasteiger partial charge in [-0.15, -0.1) is 12.4 Å². The van der Waals surface area contributed by atoms with Gasteiger partial charge in [-0.25, -0.2) is 0 Å². The lowest BCUT2D eigenvalue weighted by molar-refractivity contribution is -0.149. The van der Waals surface area contributed by atoms with Crippen molar-refractivity contribution in [1.82, 2.24) is 4.90 Å². The molecular formula is C16H21ClN2O2. The van der Waals surface area contributed by atoms with E-state index in [9.17, 15) is 10.1 Å². The van der Waals surface area contributed by atoms with E-state index in [-0.39, 0.29) is 30.3 Å². The summed E-state index contributed by atoms with van der Waals surface area (Å²) in [5.74, 6) is -0.110. The van der Waals surface area contributed by atoms with E-state index in [0.29, 0.717) is 6.61 Å². The van der Waals surface area contributed by atoms with Crippen molar-refractivity contribution in [3.05, 3.63) is 35.9 Å². The Morgan fingerprint density at radius 2 is 2.00 bits per heavy atom. The Morgan fingerprint density at radius 1 is 1.38 bits per heavy atom. The number of piperidine rings is 1. The number of hydrogen-bond donors (Lipinski definition) is 0. The van der Waals surface area contributed by atoms with Crippen LogP contribution in [0.2, 0.25) is 0 Å². The van der Waals surface area contributed by atoms with Crippen LogP contribution in [0.4, 0.5) is 0 Å². The van der Waals surface area contributed by atoms with Gasteiger partial charge in [-0.2, -0.15) is 5.26 Å². The molecule has 21 heavy (non-hydrogen) atoms. The summed E-state index contributed by atoms with van der Waals surface area (Å²) in [7, 11) is 0. The van der Waals surface area contributed by atoms with Crippen molar-refractivity contribution in [2.24, 2.45) is 5.92 Å². The summed E-state index contributed by atoms with van der Waals surface area (Å²) in [4.78, 5) is 13.9. The first-order valence-corrected chi connectivity index (χ1v) is 7.11. The van der Waals surface area contributed by atoms with E-state index in [4.69, 9.17) is 4.74 Å². The van der Waals surface area contributed by atoms with Gasteiger partial charge in [0.1, 0.15) is 6.04 Å². The van der Waals surface area contributed by atoms with Gasteiger partial charge in [-0.05, 0) is 25.3 Å². The highest BCUT2D eigenvalue weighted by atomic mass is 35.5. The molecule has 0 amide bonds. The molecule has 1 fully saturated rings. The summed E-state index contributed by atoms with van der Waals surface area (Å²) < 4.78 is 5.07. The molecule has 1 heterocycles. The standard InChI is InChI=1S/C16H20N2O2.ClH/c1-2-20-16(19)14-8-10-18(11-9-14)15(12-17)13-6-4-3-5-7-13;/h3-7,14-15H,2,8-11H2,1H3;1H. The Hall–Kier alpha value is -1.57. The van der Waals surface area contributed by atoms with E-state index in [1.165, 1.54) is 0 Å². The van der Waals surface area contributed by atoms with Crippen LogP contribution < -0.4 is 0 Å². The molecule has 1 aliphatic heterocycles. The Labute approximate surface area is 132 Å². The minimum atomic E-state index is -0.223. The summed E-state index contributed by atoms with van der Waals surface area (Å²) in [6, 6.07) is 11.9. The van der Waals surface area contributed by atoms with Crippen LogP contribution in [0, 0.1) is 17.2 Å². The monoisotopic (exact) mass is 308 g/mol. The van der Waals surface area contributed by atoms with Crippen molar-refractivity contribution < 1.29 is 9.53 Å². The van der Waals surface area contributed by atoms with Crippen molar-refractivity contribution in [1.29, 1.82) is 5.26 Å². The van der Waals surface area contributed by atoms with E-state index in [1.54, 1.807) is 0 Å². The van der Waals surface area contributed by atoms with Crippen LogP contribution in [0.15, 0.2) is 30.3 Å². The predicted octanol–water partition coefficient (Wildman–Crippen LogP) is 2.95. The second-order valence-electron chi connectivity index (χ2n) is 5.00. The molecule has 0 spiro atoms. The molecule has 1 unspecified atom stereocenters. The number of likely N-dealkylation sites (tertiary alicyclic amines) is 1. The summed E-state index contributed by atoms with van der Waals surface area (Å²) in [5, 5.41) is 9.41. The minimum absolute atomic E-state index is 0. The third-order valence-electron chi connectivity index (χ3n) is 3.75. The van der Waals surface area contributed by atoms with Crippen LogP contribution in [0.5, 0.6) is 0 Å². The van der Waals surface area contributed by atoms with Gasteiger partial charge in [0.2, 0.25) is 0 Å². The van der Waals surface area contributed by atoms with E-state index in [2.05, 4.69) is 11.0 Å². The summed E-state index contributed by atoms with van der Waals surface area (Å²) in [5.41, 5.74) is 1.02. The lowest BCUT2D eigenvalue weighted by Gasteiger charge is -2.33. The number of hydrogen-bond acceptors (Lipinski definition) is 4. The lowest BCUT2D eigenvalue weighted by atomic mass is 9.94. The highest BCUT2D eigenvalue weighted by Crippen LogP contribution is 2.26. The van der Waals surface area contributed by atoms with Crippen LogP contribution >= 0.6 is 12.4 Å². The third-order valence-corrected chi connectivity index (χ3v) is 3.75. The molecule has 114 valence electrons. The average Bonchev–Trinajstić information content (AvgIpc) is 2.50. The van der Waals surface area contributed by atoms with E-state index in [1.807, 2.05) is 37.3 Å². The highest BCUT2D eigenvalue weighted by Gasteiger charge is 2.29. The van der Waals surface area contributed by atoms with Crippen LogP contribution in [0.3, 0.4) is 0 Å². The minimum Gasteiger partial charge on any atom is -0.466 e. The van der Waals surface area contributed by atoms with Crippen molar-refractivity contribution in [2.45, 2.75) is 25.8 Å². The maximum absolute atomic E-state index is 11.7. The number of ether oxygens (including phenoxy) is 1. The fraction of sp³-hybridized carbons (Fsp3) is 0.500. The second-order valence-corrected chi connectivity index (χ2v) is 5.00. The SMILES string of the molecule is CCOC(=O)C1CCN(C(C#N)c2ccccc2)CC1.Cl. The quantitative estimate of drug-likeness (QED) is 0.803. The molecule has 0 bridgehead atoms. The van der Waals surface area contributed by atoms with Gasteiger partial charge in [0.25, 0.3) is 0 Å². The van der Waals surface area contributed by atoms with Gasteiger partial charge in [0, 0.05) is 13.1 Å². The molecule has 2 rings (SSSR count). The zero-order valence-corrected chi connectivity index (χ0v) is 13.0. The van der Waals surface area contributed by atoms with Crippen molar-refractivity contribution >= 4 is 18.4 Å². The molecule has 0 N–H and O–H groups in total. The predicted molar refractivity (Wildman–Crippen MR) is 83.0 cm³/mol. The summed E-state index contributed by atoms with van der Waals surface area (Å²) in [6.07, 6.45) is 1.54. The lowest BCUT2D eigenvalue weighted by Crippen LogP contribution is -2.38. The number of nitrogens with zero attached hydrogens (tertiary/aromatic N) is 2. The normalized spacial score (nSPS) is 17.3. The summed E-state index contributed by atoms with van der Waals surface area (Å²) >= 11 is 0. The first-order valence-electron chi connectivity index (χ1n) is 7.11. The molecule has 0 saturated carbocycles. The molecule has 5 heteroatoms. The summed E-state index contributed by atoms with van der Waals surface area (Å²) in [6.45, 7) is 3.78. The van der Waals surface area contributed by atoms with Crippen LogP contribution in [0.25, 0.3) is 0 Å². The Bertz CT molecular complexity index is 479. The molecule has 0 aliphatic carbocycles. The smallest absolute Gasteiger partial charge is 0.309 e. The molecule has 0 radical (unpaired) electrons. The topological polar surface area (TPSA) is 53.3 Å². The van der Waals surface area contributed by atoms with E-state index >= 15 is 0 Å². The highest BCUT2D eigenvalue weighted by molar-refractivity contribution is 5.85. The van der Waals surface area contributed by atoms with Crippen molar-refractivity contribution in [3.63, 3.8) is 0 Å². The van der Waals surface area contributed by atoms with E-state index < -0.39 is 0 Å². The number of nitriles is 1. The average molecular weight is 309 g/mol. The second kappa shape index (κ2) is 8.66. The van der Waals surface area contributed by atoms with E-state index in [0.717, 1.165) is 31.5 Å². The van der Waals surface area contributed by atoms with Crippen molar-refractivity contribution in [2.75, 3.05) is 19.7 Å². The zero-order valence-electron chi connectivity index (χ0n) is 12.2. The number of halogens is 1. The molecule has 1 aromatic rings. The number of rotatable bonds is 4. The van der Waals surface area contributed by atoms with Gasteiger partial charge in [0.05, 0.1) is 18.6 Å². The molecular weight excluding hydrogens is 288 g/mol. The molecule has 0 aromatic heterocycles. The van der Waals surface area contributed by atoms with Gasteiger partial charge in [0.15, 0.2) is 0 Å². The molecule has 1 aliphatic rings. The van der Waals surface area contributed by atoms with Gasteiger partial charge >= 0.3 is 5.97 Å². The Balaban J connectivity index is 0.00000220. The van der Waals surface area contributed by atoms with Gasteiger partial charge in [-0.3, -0.25) is 9.69 Å². The first-order chi connectivity index (χ1) is 9.76. The van der Waals surface area contributed by atoms with Crippen LogP contribution in [-0.2, 0) is 9.53 Å². The van der Waals surface area contributed by atoms with Crippen LogP contribution in [-0.4, -0.2) is 30.6 Å². The fourth-order valence-corrected chi connectivity index (χ4v) is 2.66. The number of carbonyl (C=O) groups is 1. The Morgan fingerprint density at radius 3 is 2.52 bits per heavy atom. The first kappa shape index (κ1) is 17.5. The largest absolute Gasteiger partial charge is 0.466 e. The zero-order chi connectivity index (χ0) is 14.4. The molecule has 4 nitrogen and oxygen atoms in total. The molecule has 1 aromatic carbocycles. The number of carbonyl (C=O) groups excluding carboxylic acids is 1. The maximum atomic E-state index is 11.7. The number of benzene rings is 1. The van der Waals surface area contributed by atoms with Crippen molar-refractivity contribution in [3.8, 4) is 6.07 Å². The Kier molecular flexibility index (Phi) is 7.21. The van der Waals surface area contributed by atoms with Gasteiger partial charge < -0.3 is 4.74 Å². The molecule has 1 saturated heterocycles. The number of esters is 1. The maximum Gasteiger partial charge on any atom is 0.309 e. The van der Waals surface area contributed by atoms with Gasteiger partial charge in [-0.1, -0.05) is 30.3 Å². The van der Waals surface area contributed by atoms with Crippen LogP contribution in [0.1, 0.15) is 31.4 Å². The third kappa shape index (κ3) is 4.45. The molecule has 1 atom stereocenters.